The molecule has 1 aromatic carbocycles. The van der Waals surface area contributed by atoms with Crippen LogP contribution in [0.2, 0.25) is 0 Å². The minimum Gasteiger partial charge on any atom is -0.410 e. The van der Waals surface area contributed by atoms with Gasteiger partial charge in [0.15, 0.2) is 0 Å². The highest BCUT2D eigenvalue weighted by molar-refractivity contribution is 7.98. The molecule has 0 heterocycles. The van der Waals surface area contributed by atoms with Crippen molar-refractivity contribution in [2.75, 3.05) is 19.5 Å². The second-order valence-electron chi connectivity index (χ2n) is 4.07. The predicted molar refractivity (Wildman–Crippen MR) is 70.0 cm³/mol. The van der Waals surface area contributed by atoms with Crippen LogP contribution in [0.5, 0.6) is 5.75 Å². The largest absolute Gasteiger partial charge is 0.413 e. The van der Waals surface area contributed by atoms with E-state index in [1.54, 1.807) is 23.9 Å². The smallest absolute Gasteiger partial charge is 0.410 e. The summed E-state index contributed by atoms with van der Waals surface area (Å²) in [7, 11) is 0. The van der Waals surface area contributed by atoms with Crippen LogP contribution >= 0.6 is 11.8 Å². The molecule has 1 rings (SSSR count). The number of hydrogen-bond acceptors (Lipinski definition) is 5. The monoisotopic (exact) mass is 271 g/mol. The Morgan fingerprint density at radius 3 is 2.33 bits per heavy atom. The SMILES string of the molecule is CSc1ccc(OC(=O)NC(C)(CO)CO)cc1. The van der Waals surface area contributed by atoms with Gasteiger partial charge in [-0.3, -0.25) is 0 Å². The van der Waals surface area contributed by atoms with E-state index in [1.165, 1.54) is 6.92 Å². The summed E-state index contributed by atoms with van der Waals surface area (Å²) >= 11 is 1.59. The van der Waals surface area contributed by atoms with Gasteiger partial charge < -0.3 is 20.3 Å². The highest BCUT2D eigenvalue weighted by Crippen LogP contribution is 2.19. The molecule has 0 aliphatic rings. The lowest BCUT2D eigenvalue weighted by Gasteiger charge is -2.25. The lowest BCUT2D eigenvalue weighted by Crippen LogP contribution is -2.52. The first kappa shape index (κ1) is 14.8. The molecule has 18 heavy (non-hydrogen) atoms. The summed E-state index contributed by atoms with van der Waals surface area (Å²) in [6, 6.07) is 7.04. The summed E-state index contributed by atoms with van der Waals surface area (Å²) < 4.78 is 5.03. The first-order valence-corrected chi connectivity index (χ1v) is 6.61. The maximum Gasteiger partial charge on any atom is 0.413 e. The van der Waals surface area contributed by atoms with Gasteiger partial charge >= 0.3 is 6.09 Å². The number of carbonyl (C=O) groups excluding carboxylic acids is 1. The molecule has 0 fully saturated rings. The van der Waals surface area contributed by atoms with Crippen LogP contribution in [-0.4, -0.2) is 41.3 Å². The third-order valence-electron chi connectivity index (χ3n) is 2.37. The number of carbonyl (C=O) groups is 1. The maximum atomic E-state index is 11.5. The van der Waals surface area contributed by atoms with Gasteiger partial charge in [-0.2, -0.15) is 0 Å². The van der Waals surface area contributed by atoms with Crippen molar-refractivity contribution in [2.24, 2.45) is 0 Å². The molecule has 100 valence electrons. The maximum absolute atomic E-state index is 11.5. The van der Waals surface area contributed by atoms with Crippen molar-refractivity contribution >= 4 is 17.9 Å². The fourth-order valence-electron chi connectivity index (χ4n) is 1.15. The lowest BCUT2D eigenvalue weighted by atomic mass is 10.1. The molecule has 0 aliphatic carbocycles. The van der Waals surface area contributed by atoms with Crippen LogP contribution in [0.15, 0.2) is 29.2 Å². The van der Waals surface area contributed by atoms with Crippen molar-refractivity contribution in [3.05, 3.63) is 24.3 Å². The minimum absolute atomic E-state index is 0.371. The molecule has 1 amide bonds. The molecule has 1 aromatic rings. The van der Waals surface area contributed by atoms with Crippen LogP contribution in [0.1, 0.15) is 6.92 Å². The topological polar surface area (TPSA) is 78.8 Å². The average molecular weight is 271 g/mol. The number of benzene rings is 1. The number of ether oxygens (including phenoxy) is 1. The third kappa shape index (κ3) is 4.21. The number of aliphatic hydroxyl groups excluding tert-OH is 2. The molecule has 0 atom stereocenters. The van der Waals surface area contributed by atoms with E-state index in [2.05, 4.69) is 5.32 Å². The van der Waals surface area contributed by atoms with Gasteiger partial charge in [0.05, 0.1) is 18.8 Å². The Bertz CT molecular complexity index is 390. The zero-order valence-corrected chi connectivity index (χ0v) is 11.2. The van der Waals surface area contributed by atoms with Gasteiger partial charge in [-0.15, -0.1) is 11.8 Å². The Morgan fingerprint density at radius 1 is 1.33 bits per heavy atom. The van der Waals surface area contributed by atoms with Gasteiger partial charge in [-0.25, -0.2) is 4.79 Å². The van der Waals surface area contributed by atoms with E-state index in [0.29, 0.717) is 5.75 Å². The van der Waals surface area contributed by atoms with Gasteiger partial charge in [0.1, 0.15) is 5.75 Å². The Balaban J connectivity index is 2.58. The molecule has 0 spiro atoms. The normalized spacial score (nSPS) is 11.1. The van der Waals surface area contributed by atoms with E-state index in [0.717, 1.165) is 4.90 Å². The summed E-state index contributed by atoms with van der Waals surface area (Å²) in [5.74, 6) is 0.406. The molecule has 0 aromatic heterocycles. The molecule has 6 heteroatoms. The minimum atomic E-state index is -1.09. The molecular weight excluding hydrogens is 254 g/mol. The average Bonchev–Trinajstić information content (AvgIpc) is 2.39. The van der Waals surface area contributed by atoms with E-state index < -0.39 is 11.6 Å². The van der Waals surface area contributed by atoms with E-state index in [9.17, 15) is 4.79 Å². The zero-order valence-electron chi connectivity index (χ0n) is 10.3. The van der Waals surface area contributed by atoms with Crippen molar-refractivity contribution in [2.45, 2.75) is 17.4 Å². The number of rotatable bonds is 5. The van der Waals surface area contributed by atoms with Crippen LogP contribution < -0.4 is 10.1 Å². The number of amides is 1. The number of nitrogens with one attached hydrogen (secondary N) is 1. The van der Waals surface area contributed by atoms with Gasteiger partial charge in [-0.1, -0.05) is 0 Å². The predicted octanol–water partition coefficient (Wildman–Crippen LogP) is 1.24. The fraction of sp³-hybridized carbons (Fsp3) is 0.417. The third-order valence-corrected chi connectivity index (χ3v) is 3.12. The van der Waals surface area contributed by atoms with Crippen molar-refractivity contribution in [1.82, 2.24) is 5.32 Å². The van der Waals surface area contributed by atoms with Gasteiger partial charge in [0.25, 0.3) is 0 Å². The van der Waals surface area contributed by atoms with Crippen LogP contribution in [0.4, 0.5) is 4.79 Å². The summed E-state index contributed by atoms with van der Waals surface area (Å²) in [6.07, 6.45) is 1.24. The number of aliphatic hydroxyl groups is 2. The Labute approximate surface area is 110 Å². The molecule has 0 saturated carbocycles. The lowest BCUT2D eigenvalue weighted by molar-refractivity contribution is 0.0998. The molecule has 0 saturated heterocycles. The Kier molecular flexibility index (Phi) is 5.46. The fourth-order valence-corrected chi connectivity index (χ4v) is 1.56. The summed E-state index contributed by atoms with van der Waals surface area (Å²) in [4.78, 5) is 12.6. The first-order chi connectivity index (χ1) is 8.53. The van der Waals surface area contributed by atoms with E-state index in [1.807, 2.05) is 18.4 Å². The van der Waals surface area contributed by atoms with Gasteiger partial charge in [0, 0.05) is 4.90 Å². The highest BCUT2D eigenvalue weighted by atomic mass is 32.2. The molecule has 0 aliphatic heterocycles. The van der Waals surface area contributed by atoms with Crippen LogP contribution in [0.25, 0.3) is 0 Å². The van der Waals surface area contributed by atoms with E-state index >= 15 is 0 Å². The molecule has 5 nitrogen and oxygen atoms in total. The summed E-state index contributed by atoms with van der Waals surface area (Å²) in [6.45, 7) is 0.777. The van der Waals surface area contributed by atoms with E-state index in [-0.39, 0.29) is 13.2 Å². The number of thioether (sulfide) groups is 1. The highest BCUT2D eigenvalue weighted by Gasteiger charge is 2.25. The van der Waals surface area contributed by atoms with Gasteiger partial charge in [-0.05, 0) is 37.4 Å². The molecule has 0 radical (unpaired) electrons. The van der Waals surface area contributed by atoms with E-state index in [4.69, 9.17) is 14.9 Å². The van der Waals surface area contributed by atoms with Crippen molar-refractivity contribution < 1.29 is 19.7 Å². The van der Waals surface area contributed by atoms with Crippen LogP contribution in [-0.2, 0) is 0 Å². The number of hydrogen-bond donors (Lipinski definition) is 3. The summed E-state index contributed by atoms with van der Waals surface area (Å²) in [5.41, 5.74) is -1.09. The molecule has 0 unspecified atom stereocenters. The van der Waals surface area contributed by atoms with Crippen molar-refractivity contribution in [1.29, 1.82) is 0 Å². The van der Waals surface area contributed by atoms with Gasteiger partial charge in [0.2, 0.25) is 0 Å². The summed E-state index contributed by atoms with van der Waals surface area (Å²) in [5, 5.41) is 20.5. The Morgan fingerprint density at radius 2 is 1.89 bits per heavy atom. The zero-order chi connectivity index (χ0) is 13.6. The quantitative estimate of drug-likeness (QED) is 0.702. The molecule has 0 bridgehead atoms. The van der Waals surface area contributed by atoms with Crippen LogP contribution in [0.3, 0.4) is 0 Å². The first-order valence-electron chi connectivity index (χ1n) is 5.39. The second kappa shape index (κ2) is 6.63. The van der Waals surface area contributed by atoms with Crippen LogP contribution in [0, 0.1) is 0 Å². The van der Waals surface area contributed by atoms with Crippen molar-refractivity contribution in [3.63, 3.8) is 0 Å². The molecular formula is C12H17NO4S. The van der Waals surface area contributed by atoms with Crippen molar-refractivity contribution in [3.8, 4) is 5.75 Å². The Hall–Kier alpha value is -1.24. The second-order valence-corrected chi connectivity index (χ2v) is 4.95. The standard InChI is InChI=1S/C12H17NO4S/c1-12(7-14,8-15)13-11(16)17-9-3-5-10(18-2)6-4-9/h3-6,14-15H,7-8H2,1-2H3,(H,13,16). The molecule has 3 N–H and O–H groups in total.